The van der Waals surface area contributed by atoms with Crippen LogP contribution in [-0.2, 0) is 13.7 Å². The van der Waals surface area contributed by atoms with Gasteiger partial charge in [0.2, 0.25) is 0 Å². The molecule has 0 aliphatic carbocycles. The van der Waals surface area contributed by atoms with Gasteiger partial charge in [-0.2, -0.15) is 5.10 Å². The maximum absolute atomic E-state index is 13.1. The average Bonchev–Trinajstić information content (AvgIpc) is 2.75. The summed E-state index contributed by atoms with van der Waals surface area (Å²) in [4.78, 5) is 0. The summed E-state index contributed by atoms with van der Waals surface area (Å²) in [5.41, 5.74) is 2.74. The zero-order valence-corrected chi connectivity index (χ0v) is 11.4. The fourth-order valence-electron chi connectivity index (χ4n) is 2.32. The number of fused-ring (bicyclic) bond motifs is 1. The number of nitrogens with zero attached hydrogens (tertiary/aromatic N) is 2. The molecule has 0 unspecified atom stereocenters. The summed E-state index contributed by atoms with van der Waals surface area (Å²) in [7, 11) is 1.91. The Labute approximate surface area is 116 Å². The highest BCUT2D eigenvalue weighted by atomic mass is 19.1. The van der Waals surface area contributed by atoms with Crippen molar-refractivity contribution in [2.75, 3.05) is 0 Å². The van der Waals surface area contributed by atoms with E-state index in [-0.39, 0.29) is 5.82 Å². The predicted octanol–water partition coefficient (Wildman–Crippen LogP) is 3.60. The largest absolute Gasteiger partial charge is 0.487 e. The third kappa shape index (κ3) is 2.25. The van der Waals surface area contributed by atoms with Crippen LogP contribution in [0.1, 0.15) is 11.3 Å². The number of aryl methyl sites for hydroxylation is 2. The highest BCUT2D eigenvalue weighted by molar-refractivity contribution is 5.81. The number of aromatic nitrogens is 2. The van der Waals surface area contributed by atoms with Gasteiger partial charge in [-0.25, -0.2) is 4.39 Å². The summed E-state index contributed by atoms with van der Waals surface area (Å²) in [6, 6.07) is 12.5. The summed E-state index contributed by atoms with van der Waals surface area (Å²) >= 11 is 0. The number of ether oxygens (including phenoxy) is 1. The molecule has 1 heterocycles. The molecule has 0 saturated carbocycles. The molecule has 0 atom stereocenters. The summed E-state index contributed by atoms with van der Waals surface area (Å²) in [6.07, 6.45) is 0. The van der Waals surface area contributed by atoms with Gasteiger partial charge in [-0.05, 0) is 36.8 Å². The normalized spacial score (nSPS) is 10.9. The molecule has 0 N–H and O–H groups in total. The Hall–Kier alpha value is -2.36. The van der Waals surface area contributed by atoms with Gasteiger partial charge in [0.15, 0.2) is 0 Å². The number of para-hydroxylation sites is 1. The van der Waals surface area contributed by atoms with Crippen LogP contribution >= 0.6 is 0 Å². The number of hydrogen-bond donors (Lipinski definition) is 0. The monoisotopic (exact) mass is 270 g/mol. The van der Waals surface area contributed by atoms with Crippen molar-refractivity contribution in [3.8, 4) is 5.75 Å². The molecule has 0 amide bonds. The van der Waals surface area contributed by atoms with Crippen LogP contribution in [0.25, 0.3) is 10.9 Å². The molecule has 0 aliphatic rings. The zero-order valence-electron chi connectivity index (χ0n) is 11.4. The Morgan fingerprint density at radius 2 is 2.00 bits per heavy atom. The van der Waals surface area contributed by atoms with Crippen molar-refractivity contribution in [1.29, 1.82) is 0 Å². The molecule has 3 aromatic rings. The van der Waals surface area contributed by atoms with Gasteiger partial charge in [0.1, 0.15) is 23.9 Å². The molecule has 20 heavy (non-hydrogen) atoms. The van der Waals surface area contributed by atoms with Crippen molar-refractivity contribution in [1.82, 2.24) is 9.78 Å². The van der Waals surface area contributed by atoms with Crippen LogP contribution in [0.2, 0.25) is 0 Å². The molecule has 2 aromatic carbocycles. The number of halogens is 1. The second-order valence-corrected chi connectivity index (χ2v) is 4.79. The first-order valence-corrected chi connectivity index (χ1v) is 6.45. The van der Waals surface area contributed by atoms with Crippen LogP contribution in [-0.4, -0.2) is 9.78 Å². The van der Waals surface area contributed by atoms with E-state index in [1.54, 1.807) is 6.07 Å². The van der Waals surface area contributed by atoms with E-state index in [2.05, 4.69) is 5.10 Å². The first-order valence-electron chi connectivity index (χ1n) is 6.45. The van der Waals surface area contributed by atoms with Crippen molar-refractivity contribution in [3.63, 3.8) is 0 Å². The molecule has 4 heteroatoms. The minimum absolute atomic E-state index is 0.252. The van der Waals surface area contributed by atoms with Crippen LogP contribution < -0.4 is 4.74 Å². The van der Waals surface area contributed by atoms with Gasteiger partial charge in [0, 0.05) is 12.4 Å². The minimum Gasteiger partial charge on any atom is -0.487 e. The SMILES string of the molecule is Cc1cc(F)ccc1OCc1nn(C)c2ccccc12. The molecular weight excluding hydrogens is 255 g/mol. The van der Waals surface area contributed by atoms with E-state index in [1.165, 1.54) is 12.1 Å². The smallest absolute Gasteiger partial charge is 0.133 e. The topological polar surface area (TPSA) is 27.1 Å². The van der Waals surface area contributed by atoms with Crippen LogP contribution in [0.15, 0.2) is 42.5 Å². The average molecular weight is 270 g/mol. The van der Waals surface area contributed by atoms with Gasteiger partial charge < -0.3 is 4.74 Å². The number of benzene rings is 2. The highest BCUT2D eigenvalue weighted by Crippen LogP contribution is 2.22. The fourth-order valence-corrected chi connectivity index (χ4v) is 2.32. The molecule has 102 valence electrons. The minimum atomic E-state index is -0.252. The lowest BCUT2D eigenvalue weighted by Crippen LogP contribution is -1.99. The molecule has 0 aliphatic heterocycles. The van der Waals surface area contributed by atoms with Gasteiger partial charge in [-0.3, -0.25) is 4.68 Å². The Morgan fingerprint density at radius 1 is 1.20 bits per heavy atom. The number of rotatable bonds is 3. The lowest BCUT2D eigenvalue weighted by molar-refractivity contribution is 0.299. The molecule has 0 bridgehead atoms. The second-order valence-electron chi connectivity index (χ2n) is 4.79. The predicted molar refractivity (Wildman–Crippen MR) is 76.2 cm³/mol. The van der Waals surface area contributed by atoms with Crippen molar-refractivity contribution >= 4 is 10.9 Å². The molecule has 0 saturated heterocycles. The van der Waals surface area contributed by atoms with Gasteiger partial charge in [0.25, 0.3) is 0 Å². The fraction of sp³-hybridized carbons (Fsp3) is 0.188. The molecule has 0 fully saturated rings. The zero-order chi connectivity index (χ0) is 14.1. The van der Waals surface area contributed by atoms with Crippen LogP contribution in [0.3, 0.4) is 0 Å². The van der Waals surface area contributed by atoms with E-state index >= 15 is 0 Å². The van der Waals surface area contributed by atoms with Gasteiger partial charge in [-0.1, -0.05) is 18.2 Å². The van der Waals surface area contributed by atoms with E-state index < -0.39 is 0 Å². The van der Waals surface area contributed by atoms with E-state index in [0.717, 1.165) is 22.2 Å². The molecule has 1 aromatic heterocycles. The third-order valence-corrected chi connectivity index (χ3v) is 3.34. The maximum atomic E-state index is 13.1. The second kappa shape index (κ2) is 4.96. The molecule has 3 nitrogen and oxygen atoms in total. The Morgan fingerprint density at radius 3 is 2.80 bits per heavy atom. The standard InChI is InChI=1S/C16H15FN2O/c1-11-9-12(17)7-8-16(11)20-10-14-13-5-3-4-6-15(13)19(2)18-14/h3-9H,10H2,1-2H3. The summed E-state index contributed by atoms with van der Waals surface area (Å²) in [6.45, 7) is 2.20. The molecule has 0 spiro atoms. The van der Waals surface area contributed by atoms with E-state index in [4.69, 9.17) is 4.74 Å². The van der Waals surface area contributed by atoms with Gasteiger partial charge in [0.05, 0.1) is 5.52 Å². The Balaban J connectivity index is 1.87. The van der Waals surface area contributed by atoms with Crippen LogP contribution in [0.5, 0.6) is 5.75 Å². The van der Waals surface area contributed by atoms with Gasteiger partial charge >= 0.3 is 0 Å². The summed E-state index contributed by atoms with van der Waals surface area (Å²) in [5, 5.41) is 5.55. The lowest BCUT2D eigenvalue weighted by Gasteiger charge is -2.07. The maximum Gasteiger partial charge on any atom is 0.133 e. The molecule has 0 radical (unpaired) electrons. The summed E-state index contributed by atoms with van der Waals surface area (Å²) < 4.78 is 20.6. The summed E-state index contributed by atoms with van der Waals surface area (Å²) in [5.74, 6) is 0.430. The van der Waals surface area contributed by atoms with Crippen molar-refractivity contribution in [2.45, 2.75) is 13.5 Å². The molecular formula is C16H15FN2O. The van der Waals surface area contributed by atoms with Crippen LogP contribution in [0.4, 0.5) is 4.39 Å². The number of hydrogen-bond acceptors (Lipinski definition) is 2. The van der Waals surface area contributed by atoms with E-state index in [9.17, 15) is 4.39 Å². The first kappa shape index (κ1) is 12.7. The van der Waals surface area contributed by atoms with Gasteiger partial charge in [-0.15, -0.1) is 0 Å². The van der Waals surface area contributed by atoms with Crippen molar-refractivity contribution < 1.29 is 9.13 Å². The first-order chi connectivity index (χ1) is 9.65. The quantitative estimate of drug-likeness (QED) is 0.727. The van der Waals surface area contributed by atoms with Crippen molar-refractivity contribution in [2.24, 2.45) is 7.05 Å². The van der Waals surface area contributed by atoms with E-state index in [1.807, 2.05) is 42.9 Å². The lowest BCUT2D eigenvalue weighted by atomic mass is 10.2. The van der Waals surface area contributed by atoms with Crippen LogP contribution in [0, 0.1) is 12.7 Å². The van der Waals surface area contributed by atoms with Crippen molar-refractivity contribution in [3.05, 3.63) is 59.5 Å². The Bertz CT molecular complexity index is 764. The third-order valence-electron chi connectivity index (χ3n) is 3.34. The van der Waals surface area contributed by atoms with E-state index in [0.29, 0.717) is 12.4 Å². The Kier molecular flexibility index (Phi) is 3.14. The highest BCUT2D eigenvalue weighted by Gasteiger charge is 2.09. The molecule has 3 rings (SSSR count).